The maximum atomic E-state index is 13.7. The van der Waals surface area contributed by atoms with Crippen LogP contribution in [0.4, 0.5) is 0 Å². The smallest absolute Gasteiger partial charge is 0.312 e. The highest BCUT2D eigenvalue weighted by molar-refractivity contribution is 6.07. The van der Waals surface area contributed by atoms with Crippen molar-refractivity contribution in [3.05, 3.63) is 66.1 Å². The lowest BCUT2D eigenvalue weighted by molar-refractivity contribution is -0.165. The van der Waals surface area contributed by atoms with Gasteiger partial charge in [-0.3, -0.25) is 19.5 Å². The second kappa shape index (κ2) is 12.5. The third-order valence-corrected chi connectivity index (χ3v) is 8.63. The Balaban J connectivity index is 1.29. The fourth-order valence-corrected chi connectivity index (χ4v) is 6.09. The number of nitrogens with zero attached hydrogens (tertiary/aromatic N) is 4. The van der Waals surface area contributed by atoms with E-state index in [1.165, 1.54) is 0 Å². The summed E-state index contributed by atoms with van der Waals surface area (Å²) in [6.07, 6.45) is 5.04. The summed E-state index contributed by atoms with van der Waals surface area (Å²) in [7, 11) is 1.93. The fraction of sp³-hybridized carbons (Fsp3) is 0.516. The Morgan fingerprint density at radius 2 is 1.77 bits per heavy atom. The van der Waals surface area contributed by atoms with Gasteiger partial charge in [0.15, 0.2) is 0 Å². The summed E-state index contributed by atoms with van der Waals surface area (Å²) in [5.74, 6) is -0.377. The molecule has 1 amide bonds. The van der Waals surface area contributed by atoms with Crippen LogP contribution < -0.4 is 0 Å². The third-order valence-electron chi connectivity index (χ3n) is 8.63. The number of aryl methyl sites for hydroxylation is 1. The highest BCUT2D eigenvalue weighted by Crippen LogP contribution is 2.39. The zero-order chi connectivity index (χ0) is 28.1. The van der Waals surface area contributed by atoms with Crippen LogP contribution in [0.2, 0.25) is 0 Å². The number of aliphatic hydroxyl groups is 2. The number of aliphatic hydroxyl groups excluding tert-OH is 2. The number of hydrogen-bond acceptors (Lipinski definition) is 7. The highest BCUT2D eigenvalue weighted by atomic mass is 16.5. The minimum absolute atomic E-state index is 0.0850. The molecule has 0 radical (unpaired) electrons. The van der Waals surface area contributed by atoms with Gasteiger partial charge in [0, 0.05) is 50.0 Å². The van der Waals surface area contributed by atoms with Gasteiger partial charge in [-0.1, -0.05) is 30.7 Å². The molecule has 0 saturated carbocycles. The first kappa shape index (κ1) is 28.3. The molecule has 2 aliphatic heterocycles. The molecule has 4 heterocycles. The predicted octanol–water partition coefficient (Wildman–Crippen LogP) is 3.14. The van der Waals surface area contributed by atoms with Crippen LogP contribution in [0, 0.1) is 5.41 Å². The molecule has 2 N–H and O–H groups in total. The van der Waals surface area contributed by atoms with Gasteiger partial charge in [-0.2, -0.15) is 0 Å². The van der Waals surface area contributed by atoms with E-state index >= 15 is 0 Å². The second-order valence-corrected chi connectivity index (χ2v) is 11.3. The number of pyridine rings is 1. The van der Waals surface area contributed by atoms with E-state index in [2.05, 4.69) is 9.88 Å². The van der Waals surface area contributed by atoms with Gasteiger partial charge in [0.25, 0.3) is 5.91 Å². The van der Waals surface area contributed by atoms with Crippen molar-refractivity contribution < 1.29 is 24.5 Å². The van der Waals surface area contributed by atoms with Crippen molar-refractivity contribution in [2.45, 2.75) is 57.3 Å². The summed E-state index contributed by atoms with van der Waals surface area (Å²) >= 11 is 0. The molecular weight excluding hydrogens is 508 g/mol. The van der Waals surface area contributed by atoms with Crippen molar-refractivity contribution in [1.82, 2.24) is 19.4 Å². The first-order valence-electron chi connectivity index (χ1n) is 14.4. The molecule has 2 fully saturated rings. The van der Waals surface area contributed by atoms with Crippen LogP contribution in [0.25, 0.3) is 10.9 Å². The fourth-order valence-electron chi connectivity index (χ4n) is 6.09. The zero-order valence-electron chi connectivity index (χ0n) is 23.2. The number of carbonyl (C=O) groups excluding carboxylic acids is 2. The van der Waals surface area contributed by atoms with Crippen molar-refractivity contribution in [2.75, 3.05) is 32.8 Å². The van der Waals surface area contributed by atoms with Gasteiger partial charge in [-0.05, 0) is 63.4 Å². The number of rotatable bonds is 3. The number of benzene rings is 1. The molecule has 0 aliphatic carbocycles. The number of hydrogen-bond donors (Lipinski definition) is 2. The van der Waals surface area contributed by atoms with Crippen molar-refractivity contribution in [3.8, 4) is 0 Å². The lowest BCUT2D eigenvalue weighted by atomic mass is 9.74. The second-order valence-electron chi connectivity index (χ2n) is 11.3. The van der Waals surface area contributed by atoms with Crippen LogP contribution in [0.3, 0.4) is 0 Å². The van der Waals surface area contributed by atoms with Gasteiger partial charge in [-0.15, -0.1) is 0 Å². The van der Waals surface area contributed by atoms with E-state index in [0.29, 0.717) is 37.9 Å². The number of likely N-dealkylation sites (tertiary alicyclic amines) is 1. The Labute approximate surface area is 235 Å². The molecule has 1 aromatic carbocycles. The standard InChI is InChI=1S/C31H40N4O5/c1-33-21-25(24-9-2-3-10-26(24)33)29(38)35-16-7-5-12-31(30(39)40-22-28(37)27(36)11-17-35)13-18-34(19-14-31)20-23-8-4-6-15-32-23/h2-4,6,8-10,15,21,27-28,36-37H,5,7,11-14,16-20,22H2,1H3/t27-,28+/m0/s1. The molecule has 2 aromatic heterocycles. The topological polar surface area (TPSA) is 108 Å². The Bertz CT molecular complexity index is 1300. The summed E-state index contributed by atoms with van der Waals surface area (Å²) in [4.78, 5) is 35.6. The number of esters is 1. The monoisotopic (exact) mass is 548 g/mol. The lowest BCUT2D eigenvalue weighted by Crippen LogP contribution is -2.46. The molecule has 0 bridgehead atoms. The Kier molecular flexibility index (Phi) is 8.83. The zero-order valence-corrected chi connectivity index (χ0v) is 23.2. The molecule has 0 unspecified atom stereocenters. The minimum atomic E-state index is -1.21. The number of aromatic nitrogens is 2. The molecule has 2 atom stereocenters. The SMILES string of the molecule is Cn1cc(C(=O)N2CCCCC3(CCN(Cc4ccccn4)CC3)C(=O)OC[C@@H](O)[C@@H](O)CC2)c2ccccc21. The van der Waals surface area contributed by atoms with Crippen molar-refractivity contribution >= 4 is 22.8 Å². The number of fused-ring (bicyclic) bond motifs is 1. The molecule has 2 aliphatic rings. The average molecular weight is 549 g/mol. The van der Waals surface area contributed by atoms with Crippen LogP contribution in [-0.2, 0) is 23.1 Å². The van der Waals surface area contributed by atoms with Gasteiger partial charge in [0.05, 0.1) is 22.8 Å². The lowest BCUT2D eigenvalue weighted by Gasteiger charge is -2.40. The first-order valence-corrected chi connectivity index (χ1v) is 14.4. The quantitative estimate of drug-likeness (QED) is 0.484. The van der Waals surface area contributed by atoms with Gasteiger partial charge < -0.3 is 24.4 Å². The Morgan fingerprint density at radius 1 is 1.00 bits per heavy atom. The summed E-state index contributed by atoms with van der Waals surface area (Å²) in [6, 6.07) is 13.7. The molecule has 1 spiro atoms. The average Bonchev–Trinajstić information content (AvgIpc) is 3.32. The van der Waals surface area contributed by atoms with Crippen LogP contribution in [0.5, 0.6) is 0 Å². The number of carbonyl (C=O) groups is 2. The van der Waals surface area contributed by atoms with Gasteiger partial charge >= 0.3 is 5.97 Å². The van der Waals surface area contributed by atoms with Crippen molar-refractivity contribution in [1.29, 1.82) is 0 Å². The van der Waals surface area contributed by atoms with Crippen LogP contribution in [0.1, 0.15) is 54.6 Å². The van der Waals surface area contributed by atoms with E-state index in [4.69, 9.17) is 4.74 Å². The molecule has 3 aromatic rings. The van der Waals surface area contributed by atoms with E-state index in [1.807, 2.05) is 60.3 Å². The van der Waals surface area contributed by atoms with E-state index in [1.54, 1.807) is 11.1 Å². The number of ether oxygens (including phenoxy) is 1. The largest absolute Gasteiger partial charge is 0.462 e. The number of amides is 1. The van der Waals surface area contributed by atoms with Crippen LogP contribution >= 0.6 is 0 Å². The van der Waals surface area contributed by atoms with E-state index in [9.17, 15) is 19.8 Å². The number of cyclic esters (lactones) is 1. The third kappa shape index (κ3) is 6.22. The van der Waals surface area contributed by atoms with Crippen LogP contribution in [-0.4, -0.2) is 86.4 Å². The summed E-state index contributed by atoms with van der Waals surface area (Å²) < 4.78 is 7.57. The maximum Gasteiger partial charge on any atom is 0.312 e. The Hall–Kier alpha value is -3.27. The molecule has 9 heteroatoms. The molecule has 214 valence electrons. The highest BCUT2D eigenvalue weighted by Gasteiger charge is 2.43. The van der Waals surface area contributed by atoms with Crippen LogP contribution in [0.15, 0.2) is 54.9 Å². The van der Waals surface area contributed by atoms with E-state index in [0.717, 1.165) is 49.1 Å². The van der Waals surface area contributed by atoms with Gasteiger partial charge in [-0.25, -0.2) is 0 Å². The van der Waals surface area contributed by atoms with Crippen molar-refractivity contribution in [3.63, 3.8) is 0 Å². The molecule has 9 nitrogen and oxygen atoms in total. The van der Waals surface area contributed by atoms with E-state index < -0.39 is 17.6 Å². The predicted molar refractivity (Wildman–Crippen MR) is 151 cm³/mol. The summed E-state index contributed by atoms with van der Waals surface area (Å²) in [5.41, 5.74) is 1.99. The normalized spacial score (nSPS) is 23.3. The van der Waals surface area contributed by atoms with Gasteiger partial charge in [0.1, 0.15) is 12.7 Å². The van der Waals surface area contributed by atoms with Gasteiger partial charge in [0.2, 0.25) is 0 Å². The van der Waals surface area contributed by atoms with Crippen molar-refractivity contribution in [2.24, 2.45) is 12.5 Å². The maximum absolute atomic E-state index is 13.7. The Morgan fingerprint density at radius 3 is 2.55 bits per heavy atom. The molecular formula is C31H40N4O5. The molecule has 2 saturated heterocycles. The van der Waals surface area contributed by atoms with E-state index in [-0.39, 0.29) is 24.9 Å². The molecule has 5 rings (SSSR count). The summed E-state index contributed by atoms with van der Waals surface area (Å²) in [5, 5.41) is 22.1. The number of piperidine rings is 1. The minimum Gasteiger partial charge on any atom is -0.462 e. The number of para-hydroxylation sites is 1. The molecule has 40 heavy (non-hydrogen) atoms. The summed E-state index contributed by atoms with van der Waals surface area (Å²) in [6.45, 7) is 2.81. The first-order chi connectivity index (χ1) is 19.4.